The molecule has 1 amide bonds. The lowest BCUT2D eigenvalue weighted by Gasteiger charge is -2.05. The fraction of sp³-hybridized carbons (Fsp3) is 0.167. The van der Waals surface area contributed by atoms with Crippen LogP contribution in [-0.2, 0) is 6.54 Å². The van der Waals surface area contributed by atoms with Gasteiger partial charge in [-0.1, -0.05) is 11.2 Å². The summed E-state index contributed by atoms with van der Waals surface area (Å²) in [5.74, 6) is -1.47. The number of carbonyl (C=O) groups excluding carboxylic acids is 1. The number of hydrogen-bond acceptors (Lipinski definition) is 3. The third-order valence-corrected chi connectivity index (χ3v) is 2.35. The molecule has 0 bridgehead atoms. The molecule has 1 aromatic carbocycles. The molecule has 1 heterocycles. The van der Waals surface area contributed by atoms with Gasteiger partial charge >= 0.3 is 0 Å². The van der Waals surface area contributed by atoms with Crippen molar-refractivity contribution in [2.45, 2.75) is 13.5 Å². The molecule has 6 heteroatoms. The van der Waals surface area contributed by atoms with Crippen LogP contribution in [0.5, 0.6) is 0 Å². The number of aromatic nitrogens is 1. The minimum atomic E-state index is -0.702. The van der Waals surface area contributed by atoms with Gasteiger partial charge in [0, 0.05) is 18.2 Å². The maximum atomic E-state index is 13.3. The molecule has 0 aliphatic carbocycles. The number of nitrogens with one attached hydrogen (secondary N) is 1. The number of aryl methyl sites for hydroxylation is 1. The summed E-state index contributed by atoms with van der Waals surface area (Å²) in [6.07, 6.45) is 0. The summed E-state index contributed by atoms with van der Waals surface area (Å²) in [7, 11) is 0. The third kappa shape index (κ3) is 2.53. The average molecular weight is 252 g/mol. The molecule has 0 saturated carbocycles. The van der Waals surface area contributed by atoms with E-state index >= 15 is 0 Å². The van der Waals surface area contributed by atoms with Crippen molar-refractivity contribution in [1.82, 2.24) is 10.5 Å². The fourth-order valence-corrected chi connectivity index (χ4v) is 1.43. The molecule has 0 radical (unpaired) electrons. The van der Waals surface area contributed by atoms with Crippen LogP contribution in [0.15, 0.2) is 28.8 Å². The summed E-state index contributed by atoms with van der Waals surface area (Å²) in [6.45, 7) is 1.39. The van der Waals surface area contributed by atoms with Gasteiger partial charge in [0.15, 0.2) is 5.69 Å². The lowest BCUT2D eigenvalue weighted by molar-refractivity contribution is 0.0941. The quantitative estimate of drug-likeness (QED) is 0.911. The Morgan fingerprint density at radius 3 is 2.61 bits per heavy atom. The van der Waals surface area contributed by atoms with Crippen molar-refractivity contribution < 1.29 is 18.1 Å². The van der Waals surface area contributed by atoms with Gasteiger partial charge in [-0.25, -0.2) is 8.78 Å². The molecule has 0 atom stereocenters. The van der Waals surface area contributed by atoms with Crippen molar-refractivity contribution >= 4 is 5.91 Å². The highest BCUT2D eigenvalue weighted by atomic mass is 19.1. The van der Waals surface area contributed by atoms with Crippen LogP contribution in [0.4, 0.5) is 8.78 Å². The lowest BCUT2D eigenvalue weighted by Crippen LogP contribution is -2.24. The Balaban J connectivity index is 2.06. The Morgan fingerprint density at radius 1 is 1.39 bits per heavy atom. The van der Waals surface area contributed by atoms with Gasteiger partial charge in [0.2, 0.25) is 0 Å². The molecule has 2 rings (SSSR count). The van der Waals surface area contributed by atoms with Crippen molar-refractivity contribution in [3.05, 3.63) is 52.9 Å². The number of benzene rings is 1. The maximum Gasteiger partial charge on any atom is 0.273 e. The molecule has 18 heavy (non-hydrogen) atoms. The van der Waals surface area contributed by atoms with Crippen LogP contribution in [0.2, 0.25) is 0 Å². The second kappa shape index (κ2) is 4.95. The number of carbonyl (C=O) groups is 1. The van der Waals surface area contributed by atoms with Gasteiger partial charge in [-0.15, -0.1) is 0 Å². The fourth-order valence-electron chi connectivity index (χ4n) is 1.43. The number of hydrogen-bond donors (Lipinski definition) is 1. The number of rotatable bonds is 3. The summed E-state index contributed by atoms with van der Waals surface area (Å²) in [5.41, 5.74) is -0.115. The van der Waals surface area contributed by atoms with Gasteiger partial charge in [0.1, 0.15) is 17.4 Å². The molecule has 1 aromatic heterocycles. The van der Waals surface area contributed by atoms with E-state index in [9.17, 15) is 13.6 Å². The van der Waals surface area contributed by atoms with Crippen LogP contribution < -0.4 is 5.32 Å². The first-order chi connectivity index (χ1) is 8.58. The highest BCUT2D eigenvalue weighted by Crippen LogP contribution is 2.11. The molecule has 1 N–H and O–H groups in total. The maximum absolute atomic E-state index is 13.3. The first-order valence-corrected chi connectivity index (χ1v) is 5.22. The monoisotopic (exact) mass is 252 g/mol. The highest BCUT2D eigenvalue weighted by Gasteiger charge is 2.13. The lowest BCUT2D eigenvalue weighted by atomic mass is 10.2. The number of amides is 1. The minimum absolute atomic E-state index is 0.0734. The normalized spacial score (nSPS) is 10.4. The molecule has 0 unspecified atom stereocenters. The van der Waals surface area contributed by atoms with Gasteiger partial charge in [-0.2, -0.15) is 0 Å². The zero-order valence-electron chi connectivity index (χ0n) is 9.54. The van der Waals surface area contributed by atoms with E-state index in [0.717, 1.165) is 12.1 Å². The Bertz CT molecular complexity index is 561. The number of nitrogens with zero attached hydrogens (tertiary/aromatic N) is 1. The summed E-state index contributed by atoms with van der Waals surface area (Å²) in [4.78, 5) is 11.6. The molecule has 0 aliphatic heterocycles. The van der Waals surface area contributed by atoms with Gasteiger partial charge in [-0.3, -0.25) is 4.79 Å². The van der Waals surface area contributed by atoms with E-state index in [1.807, 2.05) is 0 Å². The molecular formula is C12H10F2N2O2. The summed E-state index contributed by atoms with van der Waals surface area (Å²) < 4.78 is 31.3. The SMILES string of the molecule is Cc1cc(C(=O)NCc2c(F)cccc2F)no1. The zero-order valence-corrected chi connectivity index (χ0v) is 9.54. The van der Waals surface area contributed by atoms with Crippen molar-refractivity contribution in [3.63, 3.8) is 0 Å². The van der Waals surface area contributed by atoms with Crippen LogP contribution in [0.3, 0.4) is 0 Å². The molecule has 0 spiro atoms. The van der Waals surface area contributed by atoms with E-state index in [1.165, 1.54) is 12.1 Å². The van der Waals surface area contributed by atoms with Crippen molar-refractivity contribution in [3.8, 4) is 0 Å². The van der Waals surface area contributed by atoms with E-state index in [-0.39, 0.29) is 17.8 Å². The van der Waals surface area contributed by atoms with Crippen molar-refractivity contribution in [2.24, 2.45) is 0 Å². The molecule has 2 aromatic rings. The largest absolute Gasteiger partial charge is 0.361 e. The van der Waals surface area contributed by atoms with Gasteiger partial charge in [-0.05, 0) is 19.1 Å². The number of halogens is 2. The third-order valence-electron chi connectivity index (χ3n) is 2.35. The second-order valence-electron chi connectivity index (χ2n) is 3.71. The molecule has 0 fully saturated rings. The van der Waals surface area contributed by atoms with Crippen LogP contribution in [0.25, 0.3) is 0 Å². The van der Waals surface area contributed by atoms with Crippen LogP contribution in [0, 0.1) is 18.6 Å². The van der Waals surface area contributed by atoms with Crippen LogP contribution in [0.1, 0.15) is 21.8 Å². The smallest absolute Gasteiger partial charge is 0.273 e. The second-order valence-corrected chi connectivity index (χ2v) is 3.71. The van der Waals surface area contributed by atoms with E-state index in [4.69, 9.17) is 4.52 Å². The average Bonchev–Trinajstić information content (AvgIpc) is 2.75. The summed E-state index contributed by atoms with van der Waals surface area (Å²) in [6, 6.07) is 4.96. The topological polar surface area (TPSA) is 55.1 Å². The molecule has 94 valence electrons. The molecule has 0 aliphatic rings. The summed E-state index contributed by atoms with van der Waals surface area (Å²) in [5, 5.41) is 5.87. The van der Waals surface area contributed by atoms with Gasteiger partial charge < -0.3 is 9.84 Å². The standard InChI is InChI=1S/C12H10F2N2O2/c1-7-5-11(16-18-7)12(17)15-6-8-9(13)3-2-4-10(8)14/h2-5H,6H2,1H3,(H,15,17). The Kier molecular flexibility index (Phi) is 3.36. The Labute approximate surface area is 102 Å². The van der Waals surface area contributed by atoms with E-state index < -0.39 is 17.5 Å². The zero-order chi connectivity index (χ0) is 13.1. The highest BCUT2D eigenvalue weighted by molar-refractivity contribution is 5.92. The minimum Gasteiger partial charge on any atom is -0.361 e. The van der Waals surface area contributed by atoms with Gasteiger partial charge in [0.05, 0.1) is 0 Å². The molecular weight excluding hydrogens is 242 g/mol. The van der Waals surface area contributed by atoms with E-state index in [2.05, 4.69) is 10.5 Å². The van der Waals surface area contributed by atoms with Crippen molar-refractivity contribution in [1.29, 1.82) is 0 Å². The predicted octanol–water partition coefficient (Wildman–Crippen LogP) is 2.19. The predicted molar refractivity (Wildman–Crippen MR) is 58.8 cm³/mol. The summed E-state index contributed by atoms with van der Waals surface area (Å²) >= 11 is 0. The van der Waals surface area contributed by atoms with Crippen molar-refractivity contribution in [2.75, 3.05) is 0 Å². The van der Waals surface area contributed by atoms with E-state index in [1.54, 1.807) is 6.92 Å². The van der Waals surface area contributed by atoms with Crippen LogP contribution >= 0.6 is 0 Å². The Hall–Kier alpha value is -2.24. The first-order valence-electron chi connectivity index (χ1n) is 5.22. The Morgan fingerprint density at radius 2 is 2.06 bits per heavy atom. The molecule has 4 nitrogen and oxygen atoms in total. The molecule has 0 saturated heterocycles. The van der Waals surface area contributed by atoms with Crippen LogP contribution in [-0.4, -0.2) is 11.1 Å². The van der Waals surface area contributed by atoms with E-state index in [0.29, 0.717) is 5.76 Å². The van der Waals surface area contributed by atoms with Gasteiger partial charge in [0.25, 0.3) is 5.91 Å². The first kappa shape index (κ1) is 12.2.